The van der Waals surface area contributed by atoms with Crippen LogP contribution in [0.2, 0.25) is 0 Å². The van der Waals surface area contributed by atoms with E-state index in [1.54, 1.807) is 0 Å². The molecule has 0 spiro atoms. The smallest absolute Gasteiger partial charge is 0.0999 e. The summed E-state index contributed by atoms with van der Waals surface area (Å²) in [6, 6.07) is 0.336. The molecule has 11 heavy (non-hydrogen) atoms. The zero-order chi connectivity index (χ0) is 8.27. The second-order valence-corrected chi connectivity index (χ2v) is 3.48. The fourth-order valence-electron chi connectivity index (χ4n) is 1.65. The predicted molar refractivity (Wildman–Crippen MR) is 48.9 cm³/mol. The van der Waals surface area contributed by atoms with E-state index in [1.807, 2.05) is 0 Å². The van der Waals surface area contributed by atoms with E-state index in [0.29, 0.717) is 12.0 Å². The summed E-state index contributed by atoms with van der Waals surface area (Å²) in [5, 5.41) is 0. The Kier molecular flexibility index (Phi) is 2.70. The van der Waals surface area contributed by atoms with Gasteiger partial charge in [-0.15, -0.1) is 0 Å². The molecule has 1 saturated carbocycles. The molecule has 1 rings (SSSR count). The quantitative estimate of drug-likeness (QED) is 0.506. The molecule has 1 aliphatic carbocycles. The summed E-state index contributed by atoms with van der Waals surface area (Å²) in [5.74, 6) is 0.700. The third-order valence-electron chi connectivity index (χ3n) is 2.65. The zero-order valence-electron chi connectivity index (χ0n) is 7.21. The van der Waals surface area contributed by atoms with Gasteiger partial charge in [-0.3, -0.25) is 0 Å². The molecule has 0 aliphatic heterocycles. The lowest BCUT2D eigenvalue weighted by atomic mass is 9.83. The van der Waals surface area contributed by atoms with Crippen molar-refractivity contribution in [3.05, 3.63) is 17.0 Å². The Morgan fingerprint density at radius 2 is 2.09 bits per heavy atom. The van der Waals surface area contributed by atoms with Crippen LogP contribution in [-0.2, 0) is 0 Å². The van der Waals surface area contributed by atoms with E-state index in [-0.39, 0.29) is 0 Å². The standard InChI is InChI=1S/C10H16N/c1-8-4-6-10(7-5-8)9(2)11-3/h3,9-10H,1,4-7H2,2H3/q+1. The molecule has 1 heteroatoms. The fraction of sp³-hybridized carbons (Fsp3) is 0.700. The number of hydrogen-bond acceptors (Lipinski definition) is 0. The Bertz CT molecular complexity index is 178. The van der Waals surface area contributed by atoms with E-state index in [4.69, 9.17) is 6.57 Å². The third kappa shape index (κ3) is 2.08. The molecule has 60 valence electrons. The maximum atomic E-state index is 5.24. The molecule has 0 radical (unpaired) electrons. The van der Waals surface area contributed by atoms with E-state index >= 15 is 0 Å². The fourth-order valence-corrected chi connectivity index (χ4v) is 1.65. The molecule has 0 amide bonds. The highest BCUT2D eigenvalue weighted by Crippen LogP contribution is 2.30. The lowest BCUT2D eigenvalue weighted by Crippen LogP contribution is -2.17. The van der Waals surface area contributed by atoms with Gasteiger partial charge in [-0.2, -0.15) is 0 Å². The van der Waals surface area contributed by atoms with Crippen molar-refractivity contribution in [3.8, 4) is 6.57 Å². The Balaban J connectivity index is 2.40. The molecule has 0 aromatic heterocycles. The summed E-state index contributed by atoms with van der Waals surface area (Å²) < 4.78 is 0. The highest BCUT2D eigenvalue weighted by molar-refractivity contribution is 5.01. The van der Waals surface area contributed by atoms with Gasteiger partial charge in [0.15, 0.2) is 0 Å². The van der Waals surface area contributed by atoms with Crippen LogP contribution >= 0.6 is 0 Å². The van der Waals surface area contributed by atoms with Crippen LogP contribution in [0.15, 0.2) is 12.2 Å². The van der Waals surface area contributed by atoms with Gasteiger partial charge in [0.05, 0.1) is 0 Å². The molecule has 1 fully saturated rings. The van der Waals surface area contributed by atoms with Gasteiger partial charge in [0, 0.05) is 12.8 Å². The van der Waals surface area contributed by atoms with Crippen LogP contribution in [0.5, 0.6) is 0 Å². The molecule has 0 N–H and O–H groups in total. The highest BCUT2D eigenvalue weighted by atomic mass is 14.7. The topological polar surface area (TPSA) is 4.36 Å². The zero-order valence-corrected chi connectivity index (χ0v) is 7.21. The first-order valence-corrected chi connectivity index (χ1v) is 4.30. The minimum absolute atomic E-state index is 0.336. The lowest BCUT2D eigenvalue weighted by molar-refractivity contribution is 0.383. The first kappa shape index (κ1) is 8.33. The first-order valence-electron chi connectivity index (χ1n) is 4.30. The lowest BCUT2D eigenvalue weighted by Gasteiger charge is -2.20. The number of rotatable bonds is 1. The van der Waals surface area contributed by atoms with Crippen molar-refractivity contribution in [2.24, 2.45) is 5.92 Å². The molecular weight excluding hydrogens is 134 g/mol. The van der Waals surface area contributed by atoms with E-state index in [1.165, 1.54) is 31.3 Å². The van der Waals surface area contributed by atoms with E-state index in [0.717, 1.165) is 0 Å². The normalized spacial score (nSPS) is 22.7. The Morgan fingerprint density at radius 1 is 1.55 bits per heavy atom. The number of nitrogens with zero attached hydrogens (tertiary/aromatic N) is 1. The second kappa shape index (κ2) is 3.57. The summed E-state index contributed by atoms with van der Waals surface area (Å²) in [5.41, 5.74) is 1.39. The van der Waals surface area contributed by atoms with Gasteiger partial charge in [-0.25, -0.2) is 0 Å². The van der Waals surface area contributed by atoms with Gasteiger partial charge in [0.25, 0.3) is 12.6 Å². The van der Waals surface area contributed by atoms with Gasteiger partial charge >= 0.3 is 0 Å². The van der Waals surface area contributed by atoms with Crippen LogP contribution in [-0.4, -0.2) is 6.04 Å². The summed E-state index contributed by atoms with van der Waals surface area (Å²) in [7, 11) is 0. The maximum Gasteiger partial charge on any atom is 0.272 e. The average molecular weight is 150 g/mol. The van der Waals surface area contributed by atoms with Crippen molar-refractivity contribution >= 4 is 0 Å². The summed E-state index contributed by atoms with van der Waals surface area (Å²) in [4.78, 5) is 3.81. The molecule has 0 aromatic carbocycles. The Labute approximate surface area is 68.9 Å². The van der Waals surface area contributed by atoms with Crippen LogP contribution < -0.4 is 0 Å². The average Bonchev–Trinajstić information content (AvgIpc) is 2.05. The van der Waals surface area contributed by atoms with Gasteiger partial charge in [0.1, 0.15) is 0 Å². The molecule has 1 aliphatic rings. The molecular formula is C10H16N+. The van der Waals surface area contributed by atoms with Crippen molar-refractivity contribution in [2.75, 3.05) is 0 Å². The van der Waals surface area contributed by atoms with Crippen LogP contribution in [0, 0.1) is 12.5 Å². The van der Waals surface area contributed by atoms with Crippen LogP contribution in [0.1, 0.15) is 32.6 Å². The highest BCUT2D eigenvalue weighted by Gasteiger charge is 2.26. The maximum absolute atomic E-state index is 5.24. The SMILES string of the molecule is C#[N+]C(C)C1CCC(=C)CC1. The molecule has 1 unspecified atom stereocenters. The molecule has 1 atom stereocenters. The van der Waals surface area contributed by atoms with Crippen molar-refractivity contribution in [2.45, 2.75) is 38.6 Å². The number of hydrogen-bond donors (Lipinski definition) is 0. The van der Waals surface area contributed by atoms with Crippen LogP contribution in [0.3, 0.4) is 0 Å². The van der Waals surface area contributed by atoms with Crippen molar-refractivity contribution in [1.82, 2.24) is 0 Å². The molecule has 0 aromatic rings. The van der Waals surface area contributed by atoms with E-state index < -0.39 is 0 Å². The third-order valence-corrected chi connectivity index (χ3v) is 2.65. The van der Waals surface area contributed by atoms with Crippen LogP contribution in [0.25, 0.3) is 4.85 Å². The van der Waals surface area contributed by atoms with Gasteiger partial charge in [-0.1, -0.05) is 17.0 Å². The van der Waals surface area contributed by atoms with Gasteiger partial charge < -0.3 is 0 Å². The summed E-state index contributed by atoms with van der Waals surface area (Å²) in [6.07, 6.45) is 4.79. The van der Waals surface area contributed by atoms with E-state index in [2.05, 4.69) is 18.3 Å². The van der Waals surface area contributed by atoms with Crippen molar-refractivity contribution in [3.63, 3.8) is 0 Å². The summed E-state index contributed by atoms with van der Waals surface area (Å²) >= 11 is 0. The minimum Gasteiger partial charge on any atom is -0.0999 e. The van der Waals surface area contributed by atoms with Gasteiger partial charge in [-0.05, 0) is 25.7 Å². The second-order valence-electron chi connectivity index (χ2n) is 3.48. The summed E-state index contributed by atoms with van der Waals surface area (Å²) in [6.45, 7) is 11.3. The molecule has 0 saturated heterocycles. The Hall–Kier alpha value is -0.770. The minimum atomic E-state index is 0.336. The molecule has 0 heterocycles. The molecule has 1 nitrogen and oxygen atoms in total. The monoisotopic (exact) mass is 150 g/mol. The van der Waals surface area contributed by atoms with Crippen molar-refractivity contribution < 1.29 is 0 Å². The first-order chi connectivity index (χ1) is 5.24. The van der Waals surface area contributed by atoms with E-state index in [9.17, 15) is 0 Å². The van der Waals surface area contributed by atoms with Gasteiger partial charge in [0.2, 0.25) is 0 Å². The Morgan fingerprint density at radius 3 is 2.55 bits per heavy atom. The van der Waals surface area contributed by atoms with Crippen molar-refractivity contribution in [1.29, 1.82) is 0 Å². The molecule has 0 bridgehead atoms. The predicted octanol–water partition coefficient (Wildman–Crippen LogP) is 3.08. The number of allylic oxidation sites excluding steroid dienone is 1. The van der Waals surface area contributed by atoms with Crippen LogP contribution in [0.4, 0.5) is 0 Å². The largest absolute Gasteiger partial charge is 0.272 e.